The van der Waals surface area contributed by atoms with Gasteiger partial charge in [-0.15, -0.1) is 0 Å². The topological polar surface area (TPSA) is 55.0 Å². The molecular formula is C10H18N4. The second-order valence-corrected chi connectivity index (χ2v) is 3.96. The summed E-state index contributed by atoms with van der Waals surface area (Å²) in [7, 11) is 3.91. The smallest absolute Gasteiger partial charge is 0.136 e. The van der Waals surface area contributed by atoms with Gasteiger partial charge in [0.05, 0.1) is 0 Å². The highest BCUT2D eigenvalue weighted by Crippen LogP contribution is 2.22. The van der Waals surface area contributed by atoms with Crippen molar-refractivity contribution in [3.8, 4) is 0 Å². The molecule has 0 amide bonds. The third-order valence-electron chi connectivity index (χ3n) is 2.12. The first-order chi connectivity index (χ1) is 6.43. The average Bonchev–Trinajstić information content (AvgIpc) is 2.08. The van der Waals surface area contributed by atoms with Crippen LogP contribution < -0.4 is 10.6 Å². The van der Waals surface area contributed by atoms with Crippen molar-refractivity contribution in [3.05, 3.63) is 11.4 Å². The van der Waals surface area contributed by atoms with E-state index in [9.17, 15) is 0 Å². The summed E-state index contributed by atoms with van der Waals surface area (Å²) in [5.74, 6) is 2.59. The van der Waals surface area contributed by atoms with Gasteiger partial charge in [0, 0.05) is 25.6 Å². The molecule has 0 atom stereocenters. The highest BCUT2D eigenvalue weighted by molar-refractivity contribution is 5.55. The van der Waals surface area contributed by atoms with E-state index in [0.717, 1.165) is 17.2 Å². The molecule has 1 aromatic heterocycles. The normalized spacial score (nSPS) is 10.7. The van der Waals surface area contributed by atoms with Gasteiger partial charge < -0.3 is 10.6 Å². The minimum Gasteiger partial charge on any atom is -0.383 e. The second kappa shape index (κ2) is 3.82. The first-order valence-corrected chi connectivity index (χ1v) is 4.74. The van der Waals surface area contributed by atoms with Crippen LogP contribution in [0.2, 0.25) is 0 Å². The Morgan fingerprint density at radius 2 is 1.79 bits per heavy atom. The molecule has 0 aliphatic rings. The quantitative estimate of drug-likeness (QED) is 0.776. The third-order valence-corrected chi connectivity index (χ3v) is 2.12. The Balaban J connectivity index is 3.28. The molecule has 14 heavy (non-hydrogen) atoms. The number of anilines is 2. The summed E-state index contributed by atoms with van der Waals surface area (Å²) in [5.41, 5.74) is 6.76. The van der Waals surface area contributed by atoms with Crippen molar-refractivity contribution >= 4 is 11.6 Å². The Labute approximate surface area is 85.2 Å². The van der Waals surface area contributed by atoms with Crippen LogP contribution in [0.4, 0.5) is 11.6 Å². The number of nitrogens with zero attached hydrogens (tertiary/aromatic N) is 3. The van der Waals surface area contributed by atoms with Crippen LogP contribution in [0.5, 0.6) is 0 Å². The van der Waals surface area contributed by atoms with Crippen LogP contribution in [0.3, 0.4) is 0 Å². The molecule has 0 fully saturated rings. The van der Waals surface area contributed by atoms with E-state index in [0.29, 0.717) is 11.7 Å². The van der Waals surface area contributed by atoms with Gasteiger partial charge in [-0.3, -0.25) is 0 Å². The number of rotatable bonds is 2. The maximum atomic E-state index is 5.82. The summed E-state index contributed by atoms with van der Waals surface area (Å²) in [5, 5.41) is 0. The first kappa shape index (κ1) is 10.8. The second-order valence-electron chi connectivity index (χ2n) is 3.96. The van der Waals surface area contributed by atoms with Gasteiger partial charge in [-0.25, -0.2) is 9.97 Å². The summed E-state index contributed by atoms with van der Waals surface area (Å²) >= 11 is 0. The predicted molar refractivity (Wildman–Crippen MR) is 59.6 cm³/mol. The number of nitrogens with two attached hydrogens (primary N) is 1. The Morgan fingerprint density at radius 3 is 2.21 bits per heavy atom. The van der Waals surface area contributed by atoms with Gasteiger partial charge in [-0.05, 0) is 6.92 Å². The molecule has 0 aliphatic heterocycles. The van der Waals surface area contributed by atoms with Crippen molar-refractivity contribution in [2.75, 3.05) is 24.7 Å². The van der Waals surface area contributed by atoms with Crippen LogP contribution in [0, 0.1) is 6.92 Å². The number of hydrogen-bond acceptors (Lipinski definition) is 4. The van der Waals surface area contributed by atoms with Crippen LogP contribution in [0.25, 0.3) is 0 Å². The van der Waals surface area contributed by atoms with Crippen molar-refractivity contribution in [1.82, 2.24) is 9.97 Å². The van der Waals surface area contributed by atoms with E-state index < -0.39 is 0 Å². The van der Waals surface area contributed by atoms with E-state index in [1.54, 1.807) is 0 Å². The molecule has 78 valence electrons. The molecule has 1 rings (SSSR count). The van der Waals surface area contributed by atoms with Crippen LogP contribution in [-0.4, -0.2) is 24.1 Å². The zero-order chi connectivity index (χ0) is 10.9. The highest BCUT2D eigenvalue weighted by Gasteiger charge is 2.11. The van der Waals surface area contributed by atoms with Crippen molar-refractivity contribution in [2.24, 2.45) is 0 Å². The molecule has 0 radical (unpaired) electrons. The number of nitrogen functional groups attached to an aromatic ring is 1. The van der Waals surface area contributed by atoms with Gasteiger partial charge >= 0.3 is 0 Å². The Bertz CT molecular complexity index is 331. The predicted octanol–water partition coefficient (Wildman–Crippen LogP) is 1.56. The molecule has 0 bridgehead atoms. The van der Waals surface area contributed by atoms with Crippen LogP contribution in [0.1, 0.15) is 31.2 Å². The molecule has 4 nitrogen and oxygen atoms in total. The van der Waals surface area contributed by atoms with Crippen LogP contribution >= 0.6 is 0 Å². The Morgan fingerprint density at radius 1 is 1.21 bits per heavy atom. The maximum absolute atomic E-state index is 5.82. The lowest BCUT2D eigenvalue weighted by molar-refractivity contribution is 0.770. The van der Waals surface area contributed by atoms with E-state index in [2.05, 4.69) is 23.8 Å². The van der Waals surface area contributed by atoms with Gasteiger partial charge in [-0.2, -0.15) is 0 Å². The van der Waals surface area contributed by atoms with Gasteiger partial charge in [0.1, 0.15) is 17.5 Å². The minimum absolute atomic E-state index is 0.302. The molecule has 2 N–H and O–H groups in total. The Hall–Kier alpha value is -1.32. The van der Waals surface area contributed by atoms with Crippen molar-refractivity contribution in [2.45, 2.75) is 26.7 Å². The number of hydrogen-bond donors (Lipinski definition) is 1. The van der Waals surface area contributed by atoms with Gasteiger partial charge in [0.15, 0.2) is 0 Å². The molecule has 0 unspecified atom stereocenters. The molecule has 0 aromatic carbocycles. The molecule has 0 spiro atoms. The summed E-state index contributed by atoms with van der Waals surface area (Å²) in [4.78, 5) is 10.7. The van der Waals surface area contributed by atoms with E-state index in [1.807, 2.05) is 25.9 Å². The monoisotopic (exact) mass is 194 g/mol. The molecule has 0 aliphatic carbocycles. The molecule has 0 saturated carbocycles. The van der Waals surface area contributed by atoms with Crippen molar-refractivity contribution in [3.63, 3.8) is 0 Å². The summed E-state index contributed by atoms with van der Waals surface area (Å²) in [6.45, 7) is 6.06. The van der Waals surface area contributed by atoms with E-state index in [1.165, 1.54) is 0 Å². The van der Waals surface area contributed by atoms with Crippen molar-refractivity contribution in [1.29, 1.82) is 0 Å². The fourth-order valence-corrected chi connectivity index (χ4v) is 1.23. The molecule has 1 heterocycles. The summed E-state index contributed by atoms with van der Waals surface area (Å²) < 4.78 is 0. The minimum atomic E-state index is 0.302. The molecule has 0 saturated heterocycles. The van der Waals surface area contributed by atoms with Crippen LogP contribution in [0.15, 0.2) is 0 Å². The maximum Gasteiger partial charge on any atom is 0.136 e. The molecular weight excluding hydrogens is 176 g/mol. The third kappa shape index (κ3) is 1.95. The largest absolute Gasteiger partial charge is 0.383 e. The Kier molecular flexibility index (Phi) is 2.93. The van der Waals surface area contributed by atoms with E-state index >= 15 is 0 Å². The lowest BCUT2D eigenvalue weighted by atomic mass is 10.2. The standard InChI is InChI=1S/C10H18N4/c1-6(2)9-12-8(11)7(3)10(13-9)14(4)5/h6H,1-5H3,(H2,11,12,13). The molecule has 1 aromatic rings. The SMILES string of the molecule is Cc1c(N)nc(C(C)C)nc1N(C)C. The van der Waals surface area contributed by atoms with Gasteiger partial charge in [0.25, 0.3) is 0 Å². The fraction of sp³-hybridized carbons (Fsp3) is 0.600. The lowest BCUT2D eigenvalue weighted by Crippen LogP contribution is -2.16. The highest BCUT2D eigenvalue weighted by atomic mass is 15.2. The first-order valence-electron chi connectivity index (χ1n) is 4.74. The van der Waals surface area contributed by atoms with Crippen molar-refractivity contribution < 1.29 is 0 Å². The summed E-state index contributed by atoms with van der Waals surface area (Å²) in [6, 6.07) is 0. The number of aromatic nitrogens is 2. The lowest BCUT2D eigenvalue weighted by Gasteiger charge is -2.17. The van der Waals surface area contributed by atoms with E-state index in [-0.39, 0.29) is 0 Å². The van der Waals surface area contributed by atoms with E-state index in [4.69, 9.17) is 5.73 Å². The average molecular weight is 194 g/mol. The zero-order valence-electron chi connectivity index (χ0n) is 9.50. The van der Waals surface area contributed by atoms with Gasteiger partial charge in [-0.1, -0.05) is 13.8 Å². The van der Waals surface area contributed by atoms with Gasteiger partial charge in [0.2, 0.25) is 0 Å². The zero-order valence-corrected chi connectivity index (χ0v) is 9.50. The van der Waals surface area contributed by atoms with Crippen LogP contribution in [-0.2, 0) is 0 Å². The summed E-state index contributed by atoms with van der Waals surface area (Å²) in [6.07, 6.45) is 0. The fourth-order valence-electron chi connectivity index (χ4n) is 1.23. The molecule has 4 heteroatoms.